The number of aromatic nitrogens is 4. The smallest absolute Gasteiger partial charge is 0.269 e. The lowest BCUT2D eigenvalue weighted by Gasteiger charge is -2.07. The van der Waals surface area contributed by atoms with Crippen molar-refractivity contribution in [3.05, 3.63) is 58.6 Å². The highest BCUT2D eigenvalue weighted by Gasteiger charge is 2.12. The molecule has 0 aliphatic heterocycles. The molecule has 0 spiro atoms. The minimum absolute atomic E-state index is 0.202. The average molecular weight is 373 g/mol. The second-order valence-electron chi connectivity index (χ2n) is 5.49. The minimum Gasteiger partial charge on any atom is -0.383 e. The Labute approximate surface area is 154 Å². The molecule has 0 saturated heterocycles. The summed E-state index contributed by atoms with van der Waals surface area (Å²) in [5.41, 5.74) is 8.35. The summed E-state index contributed by atoms with van der Waals surface area (Å²) in [7, 11) is 1.55. The highest BCUT2D eigenvalue weighted by atomic mass is 35.5. The number of hydrogen-bond acceptors (Lipinski definition) is 6. The molecule has 0 saturated carbocycles. The number of nitrogens with zero attached hydrogens (tertiary/aromatic N) is 3. The molecule has 0 aliphatic rings. The van der Waals surface area contributed by atoms with E-state index in [0.717, 1.165) is 5.56 Å². The van der Waals surface area contributed by atoms with Crippen molar-refractivity contribution < 1.29 is 9.53 Å². The molecule has 0 radical (unpaired) electrons. The maximum absolute atomic E-state index is 12.3. The number of rotatable bonds is 6. The first-order chi connectivity index (χ1) is 12.6. The molecule has 2 aromatic heterocycles. The fourth-order valence-electron chi connectivity index (χ4n) is 2.27. The van der Waals surface area contributed by atoms with Gasteiger partial charge in [-0.15, -0.1) is 0 Å². The number of halogens is 1. The molecular formula is C17H17ClN6O2. The second-order valence-corrected chi connectivity index (χ2v) is 5.92. The normalized spacial score (nSPS) is 10.7. The van der Waals surface area contributed by atoms with Gasteiger partial charge in [-0.2, -0.15) is 5.10 Å². The summed E-state index contributed by atoms with van der Waals surface area (Å²) < 4.78 is 4.96. The number of hydrogen-bond donors (Lipinski definition) is 3. The number of carbonyl (C=O) groups is 1. The Balaban J connectivity index is 1.65. The van der Waals surface area contributed by atoms with Gasteiger partial charge in [0.25, 0.3) is 5.91 Å². The SMILES string of the molecule is COCc1ncc(CNC(=O)c2cc(-c3ccc(Cl)cc3)n[nH]2)c(N)n1. The lowest BCUT2D eigenvalue weighted by molar-refractivity contribution is 0.0946. The Kier molecular flexibility index (Phi) is 5.45. The van der Waals surface area contributed by atoms with Crippen molar-refractivity contribution in [3.8, 4) is 11.3 Å². The fourth-order valence-corrected chi connectivity index (χ4v) is 2.40. The summed E-state index contributed by atoms with van der Waals surface area (Å²) in [5, 5.41) is 10.3. The zero-order valence-electron chi connectivity index (χ0n) is 14.0. The maximum Gasteiger partial charge on any atom is 0.269 e. The Morgan fingerprint density at radius 1 is 1.35 bits per heavy atom. The molecule has 9 heteroatoms. The summed E-state index contributed by atoms with van der Waals surface area (Å²) in [6, 6.07) is 8.86. The molecule has 3 rings (SSSR count). The predicted molar refractivity (Wildman–Crippen MR) is 97.4 cm³/mol. The van der Waals surface area contributed by atoms with E-state index in [1.807, 2.05) is 12.1 Å². The van der Waals surface area contributed by atoms with Crippen molar-refractivity contribution in [1.29, 1.82) is 0 Å². The summed E-state index contributed by atoms with van der Waals surface area (Å²) in [6.07, 6.45) is 1.57. The molecule has 0 unspecified atom stereocenters. The first-order valence-corrected chi connectivity index (χ1v) is 8.13. The van der Waals surface area contributed by atoms with Crippen LogP contribution in [0.5, 0.6) is 0 Å². The van der Waals surface area contributed by atoms with Crippen LogP contribution in [-0.4, -0.2) is 33.2 Å². The third-order valence-corrected chi connectivity index (χ3v) is 3.88. The number of nitrogens with one attached hydrogen (secondary N) is 2. The van der Waals surface area contributed by atoms with Crippen LogP contribution in [0, 0.1) is 0 Å². The Morgan fingerprint density at radius 2 is 2.12 bits per heavy atom. The average Bonchev–Trinajstić information content (AvgIpc) is 3.12. The van der Waals surface area contributed by atoms with E-state index in [4.69, 9.17) is 22.1 Å². The molecule has 0 atom stereocenters. The molecule has 1 aromatic carbocycles. The Morgan fingerprint density at radius 3 is 2.81 bits per heavy atom. The van der Waals surface area contributed by atoms with E-state index in [1.54, 1.807) is 31.5 Å². The van der Waals surface area contributed by atoms with Crippen LogP contribution in [-0.2, 0) is 17.9 Å². The van der Waals surface area contributed by atoms with Crippen molar-refractivity contribution in [1.82, 2.24) is 25.5 Å². The van der Waals surface area contributed by atoms with Gasteiger partial charge in [0.1, 0.15) is 18.1 Å². The largest absolute Gasteiger partial charge is 0.383 e. The lowest BCUT2D eigenvalue weighted by Crippen LogP contribution is -2.24. The van der Waals surface area contributed by atoms with E-state index < -0.39 is 0 Å². The molecule has 26 heavy (non-hydrogen) atoms. The van der Waals surface area contributed by atoms with Gasteiger partial charge >= 0.3 is 0 Å². The molecule has 1 amide bonds. The van der Waals surface area contributed by atoms with E-state index in [1.165, 1.54) is 0 Å². The number of H-pyrrole nitrogens is 1. The van der Waals surface area contributed by atoms with Gasteiger partial charge < -0.3 is 15.8 Å². The first-order valence-electron chi connectivity index (χ1n) is 7.75. The fraction of sp³-hybridized carbons (Fsp3) is 0.176. The van der Waals surface area contributed by atoms with Crippen LogP contribution >= 0.6 is 11.6 Å². The van der Waals surface area contributed by atoms with Crippen molar-refractivity contribution in [2.75, 3.05) is 12.8 Å². The van der Waals surface area contributed by atoms with Crippen molar-refractivity contribution in [2.45, 2.75) is 13.2 Å². The van der Waals surface area contributed by atoms with Crippen LogP contribution in [0.15, 0.2) is 36.5 Å². The number of methoxy groups -OCH3 is 1. The maximum atomic E-state index is 12.3. The standard InChI is InChI=1S/C17H17ClN6O2/c1-26-9-15-20-7-11(16(19)22-15)8-21-17(25)14-6-13(23-24-14)10-2-4-12(18)5-3-10/h2-7H,8-9H2,1H3,(H,21,25)(H,23,24)(H2,19,20,22). The Hall–Kier alpha value is -2.97. The van der Waals surface area contributed by atoms with Gasteiger partial charge in [-0.05, 0) is 18.2 Å². The number of anilines is 1. The Bertz CT molecular complexity index is 910. The number of amides is 1. The molecule has 134 valence electrons. The number of nitrogen functional groups attached to an aromatic ring is 1. The van der Waals surface area contributed by atoms with Crippen LogP contribution in [0.4, 0.5) is 5.82 Å². The van der Waals surface area contributed by atoms with Gasteiger partial charge in [0.2, 0.25) is 0 Å². The van der Waals surface area contributed by atoms with Crippen LogP contribution in [0.25, 0.3) is 11.3 Å². The van der Waals surface area contributed by atoms with Crippen LogP contribution in [0.1, 0.15) is 21.9 Å². The van der Waals surface area contributed by atoms with Crippen LogP contribution in [0.3, 0.4) is 0 Å². The van der Waals surface area contributed by atoms with Gasteiger partial charge in [0.15, 0.2) is 5.82 Å². The van der Waals surface area contributed by atoms with Gasteiger partial charge in [-0.25, -0.2) is 9.97 Å². The third-order valence-electron chi connectivity index (χ3n) is 3.62. The van der Waals surface area contributed by atoms with E-state index in [-0.39, 0.29) is 19.1 Å². The van der Waals surface area contributed by atoms with Gasteiger partial charge in [0.05, 0.1) is 5.69 Å². The predicted octanol–water partition coefficient (Wildman–Crippen LogP) is 2.18. The summed E-state index contributed by atoms with van der Waals surface area (Å²) in [5.74, 6) is 0.484. The molecule has 0 aliphatic carbocycles. The topological polar surface area (TPSA) is 119 Å². The zero-order valence-corrected chi connectivity index (χ0v) is 14.7. The summed E-state index contributed by atoms with van der Waals surface area (Å²) in [4.78, 5) is 20.5. The van der Waals surface area contributed by atoms with E-state index in [2.05, 4.69) is 25.5 Å². The molecule has 0 bridgehead atoms. The summed E-state index contributed by atoms with van der Waals surface area (Å²) in [6.45, 7) is 0.478. The molecule has 4 N–H and O–H groups in total. The zero-order chi connectivity index (χ0) is 18.5. The lowest BCUT2D eigenvalue weighted by atomic mass is 10.1. The van der Waals surface area contributed by atoms with Crippen LogP contribution in [0.2, 0.25) is 5.02 Å². The highest BCUT2D eigenvalue weighted by molar-refractivity contribution is 6.30. The van der Waals surface area contributed by atoms with Crippen molar-refractivity contribution in [2.24, 2.45) is 0 Å². The molecule has 0 fully saturated rings. The monoisotopic (exact) mass is 372 g/mol. The molecular weight excluding hydrogens is 356 g/mol. The number of benzene rings is 1. The minimum atomic E-state index is -0.307. The summed E-state index contributed by atoms with van der Waals surface area (Å²) >= 11 is 5.87. The molecule has 8 nitrogen and oxygen atoms in total. The highest BCUT2D eigenvalue weighted by Crippen LogP contribution is 2.20. The van der Waals surface area contributed by atoms with Gasteiger partial charge in [-0.3, -0.25) is 9.89 Å². The van der Waals surface area contributed by atoms with Gasteiger partial charge in [0, 0.05) is 36.0 Å². The molecule has 2 heterocycles. The second kappa shape index (κ2) is 7.94. The van der Waals surface area contributed by atoms with Crippen LogP contribution < -0.4 is 11.1 Å². The van der Waals surface area contributed by atoms with Crippen molar-refractivity contribution >= 4 is 23.3 Å². The molecule has 3 aromatic rings. The van der Waals surface area contributed by atoms with E-state index in [0.29, 0.717) is 33.6 Å². The van der Waals surface area contributed by atoms with E-state index >= 15 is 0 Å². The number of aromatic amines is 1. The van der Waals surface area contributed by atoms with E-state index in [9.17, 15) is 4.79 Å². The first kappa shape index (κ1) is 17.8. The quantitative estimate of drug-likeness (QED) is 0.610. The van der Waals surface area contributed by atoms with Gasteiger partial charge in [-0.1, -0.05) is 23.7 Å². The van der Waals surface area contributed by atoms with Crippen molar-refractivity contribution in [3.63, 3.8) is 0 Å². The number of ether oxygens (including phenoxy) is 1. The third kappa shape index (κ3) is 4.16. The number of carbonyl (C=O) groups excluding carboxylic acids is 1. The number of nitrogens with two attached hydrogens (primary N) is 1.